The van der Waals surface area contributed by atoms with Gasteiger partial charge in [-0.1, -0.05) is 6.07 Å². The van der Waals surface area contributed by atoms with Crippen LogP contribution in [0.15, 0.2) is 23.2 Å². The van der Waals surface area contributed by atoms with E-state index in [0.717, 1.165) is 37.5 Å². The first kappa shape index (κ1) is 26.2. The van der Waals surface area contributed by atoms with E-state index < -0.39 is 6.61 Å². The van der Waals surface area contributed by atoms with Crippen molar-refractivity contribution >= 4 is 35.9 Å². The van der Waals surface area contributed by atoms with E-state index >= 15 is 0 Å². The summed E-state index contributed by atoms with van der Waals surface area (Å²) < 4.78 is 39.8. The number of nitrogens with one attached hydrogen (secondary N) is 1. The quantitative estimate of drug-likeness (QED) is 0.236. The molecule has 1 aliphatic rings. The van der Waals surface area contributed by atoms with Crippen molar-refractivity contribution in [2.45, 2.75) is 32.8 Å². The number of benzene rings is 1. The van der Waals surface area contributed by atoms with Crippen molar-refractivity contribution in [3.05, 3.63) is 23.8 Å². The monoisotopic (exact) mass is 541 g/mol. The van der Waals surface area contributed by atoms with Crippen molar-refractivity contribution < 1.29 is 27.8 Å². The Balaban J connectivity index is 0.00000450. The van der Waals surface area contributed by atoms with Gasteiger partial charge in [0, 0.05) is 26.7 Å². The summed E-state index contributed by atoms with van der Waals surface area (Å²) in [5, 5.41) is 3.29. The van der Waals surface area contributed by atoms with Crippen LogP contribution in [0.25, 0.3) is 0 Å². The van der Waals surface area contributed by atoms with Gasteiger partial charge in [-0.2, -0.15) is 8.78 Å². The number of alkyl halides is 2. The molecule has 1 aliphatic heterocycles. The van der Waals surface area contributed by atoms with E-state index in [9.17, 15) is 13.6 Å². The van der Waals surface area contributed by atoms with Gasteiger partial charge in [0.2, 0.25) is 0 Å². The number of ether oxygens (including phenoxy) is 3. The highest BCUT2D eigenvalue weighted by molar-refractivity contribution is 14.0. The Morgan fingerprint density at radius 1 is 1.30 bits per heavy atom. The molecule has 1 N–H and O–H groups in total. The Kier molecular flexibility index (Phi) is 11.7. The van der Waals surface area contributed by atoms with Gasteiger partial charge in [-0.15, -0.1) is 24.0 Å². The SMILES string of the molecule is CCOC(=O)C1CCN(C(=NC)NCCc2ccc(OC)c(OC(F)F)c2)CC1.I. The van der Waals surface area contributed by atoms with E-state index in [1.807, 2.05) is 13.0 Å². The van der Waals surface area contributed by atoms with Crippen LogP contribution in [-0.2, 0) is 16.0 Å². The molecular formula is C20H30F2IN3O4. The summed E-state index contributed by atoms with van der Waals surface area (Å²) in [5.74, 6) is 0.853. The molecule has 0 saturated carbocycles. The summed E-state index contributed by atoms with van der Waals surface area (Å²) in [5.41, 5.74) is 0.838. The number of esters is 1. The Bertz CT molecular complexity index is 699. The number of carbonyl (C=O) groups is 1. The fourth-order valence-corrected chi connectivity index (χ4v) is 3.30. The smallest absolute Gasteiger partial charge is 0.387 e. The van der Waals surface area contributed by atoms with Crippen LogP contribution in [0, 0.1) is 5.92 Å². The van der Waals surface area contributed by atoms with Crippen LogP contribution in [0.3, 0.4) is 0 Å². The molecule has 0 amide bonds. The van der Waals surface area contributed by atoms with Gasteiger partial charge < -0.3 is 24.4 Å². The number of piperidine rings is 1. The maximum absolute atomic E-state index is 12.6. The van der Waals surface area contributed by atoms with Crippen LogP contribution in [0.2, 0.25) is 0 Å². The normalized spacial score (nSPS) is 14.9. The third-order valence-electron chi connectivity index (χ3n) is 4.77. The number of guanidine groups is 1. The largest absolute Gasteiger partial charge is 0.493 e. The first-order chi connectivity index (χ1) is 14.0. The van der Waals surface area contributed by atoms with Crippen molar-refractivity contribution in [1.82, 2.24) is 10.2 Å². The molecule has 10 heteroatoms. The highest BCUT2D eigenvalue weighted by Gasteiger charge is 2.27. The predicted molar refractivity (Wildman–Crippen MR) is 121 cm³/mol. The zero-order chi connectivity index (χ0) is 21.2. The first-order valence-electron chi connectivity index (χ1n) is 9.72. The fourth-order valence-electron chi connectivity index (χ4n) is 3.30. The van der Waals surface area contributed by atoms with Crippen molar-refractivity contribution in [3.63, 3.8) is 0 Å². The molecule has 2 rings (SSSR count). The molecule has 0 atom stereocenters. The minimum Gasteiger partial charge on any atom is -0.493 e. The number of carbonyl (C=O) groups excluding carboxylic acids is 1. The van der Waals surface area contributed by atoms with Gasteiger partial charge >= 0.3 is 12.6 Å². The summed E-state index contributed by atoms with van der Waals surface area (Å²) in [6.45, 7) is 1.32. The number of methoxy groups -OCH3 is 1. The lowest BCUT2D eigenvalue weighted by atomic mass is 9.97. The van der Waals surface area contributed by atoms with E-state index in [2.05, 4.69) is 19.9 Å². The second-order valence-corrected chi connectivity index (χ2v) is 6.60. The summed E-state index contributed by atoms with van der Waals surface area (Å²) in [6, 6.07) is 4.98. The minimum atomic E-state index is -2.91. The van der Waals surface area contributed by atoms with Crippen LogP contribution in [-0.4, -0.2) is 63.8 Å². The lowest BCUT2D eigenvalue weighted by molar-refractivity contribution is -0.149. The van der Waals surface area contributed by atoms with Gasteiger partial charge in [-0.05, 0) is 43.9 Å². The number of aliphatic imine (C=N–C) groups is 1. The topological polar surface area (TPSA) is 72.4 Å². The highest BCUT2D eigenvalue weighted by atomic mass is 127. The van der Waals surface area contributed by atoms with Crippen LogP contribution >= 0.6 is 24.0 Å². The molecule has 0 bridgehead atoms. The third-order valence-corrected chi connectivity index (χ3v) is 4.77. The fraction of sp³-hybridized carbons (Fsp3) is 0.600. The van der Waals surface area contributed by atoms with Gasteiger partial charge in [-0.25, -0.2) is 0 Å². The number of hydrogen-bond donors (Lipinski definition) is 1. The molecule has 1 aromatic carbocycles. The second kappa shape index (κ2) is 13.5. The van der Waals surface area contributed by atoms with Crippen molar-refractivity contribution in [2.75, 3.05) is 40.4 Å². The van der Waals surface area contributed by atoms with E-state index in [4.69, 9.17) is 9.47 Å². The summed E-state index contributed by atoms with van der Waals surface area (Å²) in [4.78, 5) is 18.3. The average Bonchev–Trinajstić information content (AvgIpc) is 2.71. The van der Waals surface area contributed by atoms with Gasteiger partial charge in [-0.3, -0.25) is 9.79 Å². The molecule has 1 heterocycles. The number of hydrogen-bond acceptors (Lipinski definition) is 5. The molecule has 0 spiro atoms. The number of rotatable bonds is 8. The van der Waals surface area contributed by atoms with Gasteiger partial charge in [0.25, 0.3) is 0 Å². The number of likely N-dealkylation sites (tertiary alicyclic amines) is 1. The molecule has 0 radical (unpaired) electrons. The van der Waals surface area contributed by atoms with E-state index in [0.29, 0.717) is 19.6 Å². The zero-order valence-electron chi connectivity index (χ0n) is 17.5. The number of halogens is 3. The highest BCUT2D eigenvalue weighted by Crippen LogP contribution is 2.29. The zero-order valence-corrected chi connectivity index (χ0v) is 19.9. The Morgan fingerprint density at radius 2 is 2.00 bits per heavy atom. The van der Waals surface area contributed by atoms with E-state index in [1.54, 1.807) is 19.2 Å². The lowest BCUT2D eigenvalue weighted by Gasteiger charge is -2.33. The van der Waals surface area contributed by atoms with Crippen molar-refractivity contribution in [3.8, 4) is 11.5 Å². The average molecular weight is 541 g/mol. The predicted octanol–water partition coefficient (Wildman–Crippen LogP) is 3.31. The van der Waals surface area contributed by atoms with E-state index in [1.165, 1.54) is 7.11 Å². The van der Waals surface area contributed by atoms with Gasteiger partial charge in [0.1, 0.15) is 0 Å². The number of nitrogens with zero attached hydrogens (tertiary/aromatic N) is 2. The molecular weight excluding hydrogens is 511 g/mol. The van der Waals surface area contributed by atoms with Crippen LogP contribution in [0.1, 0.15) is 25.3 Å². The molecule has 7 nitrogen and oxygen atoms in total. The Hall–Kier alpha value is -1.85. The van der Waals surface area contributed by atoms with Crippen molar-refractivity contribution in [2.24, 2.45) is 10.9 Å². The van der Waals surface area contributed by atoms with Crippen LogP contribution < -0.4 is 14.8 Å². The third kappa shape index (κ3) is 7.77. The summed E-state index contributed by atoms with van der Waals surface area (Å²) in [7, 11) is 3.12. The molecule has 0 aliphatic carbocycles. The molecule has 1 saturated heterocycles. The van der Waals surface area contributed by atoms with Gasteiger partial charge in [0.15, 0.2) is 17.5 Å². The molecule has 1 aromatic rings. The van der Waals surface area contributed by atoms with Gasteiger partial charge in [0.05, 0.1) is 19.6 Å². The molecule has 30 heavy (non-hydrogen) atoms. The summed E-state index contributed by atoms with van der Waals surface area (Å²) >= 11 is 0. The summed E-state index contributed by atoms with van der Waals surface area (Å²) in [6.07, 6.45) is 2.06. The van der Waals surface area contributed by atoms with Crippen molar-refractivity contribution in [1.29, 1.82) is 0 Å². The second-order valence-electron chi connectivity index (χ2n) is 6.60. The molecule has 1 fully saturated rings. The standard InChI is InChI=1S/C20H29F2N3O4.HI/c1-4-28-18(26)15-8-11-25(12-9-15)20(23-2)24-10-7-14-5-6-16(27-3)17(13-14)29-19(21)22;/h5-6,13,15,19H,4,7-12H2,1-3H3,(H,23,24);1H. The maximum Gasteiger partial charge on any atom is 0.387 e. The van der Waals surface area contributed by atoms with Crippen LogP contribution in [0.5, 0.6) is 11.5 Å². The van der Waals surface area contributed by atoms with Crippen LogP contribution in [0.4, 0.5) is 8.78 Å². The first-order valence-corrected chi connectivity index (χ1v) is 9.72. The minimum absolute atomic E-state index is 0. The maximum atomic E-state index is 12.6. The molecule has 170 valence electrons. The van der Waals surface area contributed by atoms with E-state index in [-0.39, 0.29) is 47.4 Å². The Labute approximate surface area is 193 Å². The molecule has 0 unspecified atom stereocenters. The lowest BCUT2D eigenvalue weighted by Crippen LogP contribution is -2.47. The molecule has 0 aromatic heterocycles. The Morgan fingerprint density at radius 3 is 2.57 bits per heavy atom.